The smallest absolute Gasteiger partial charge is 0.228 e. The van der Waals surface area contributed by atoms with E-state index in [-0.39, 0.29) is 11.8 Å². The number of anilines is 1. The summed E-state index contributed by atoms with van der Waals surface area (Å²) in [5.41, 5.74) is 3.18. The molecule has 0 spiro atoms. The number of carbonyl (C=O) groups is 1. The van der Waals surface area contributed by atoms with E-state index < -0.39 is 0 Å². The Morgan fingerprint density at radius 3 is 2.18 bits per heavy atom. The predicted molar refractivity (Wildman–Crippen MR) is 137 cm³/mol. The average molecular weight is 469 g/mol. The van der Waals surface area contributed by atoms with E-state index in [2.05, 4.69) is 45.4 Å². The van der Waals surface area contributed by atoms with Crippen molar-refractivity contribution >= 4 is 23.1 Å². The van der Waals surface area contributed by atoms with Crippen molar-refractivity contribution in [2.75, 3.05) is 18.0 Å². The highest BCUT2D eigenvalue weighted by molar-refractivity contribution is 7.13. The second kappa shape index (κ2) is 10.6. The van der Waals surface area contributed by atoms with Crippen LogP contribution in [0.15, 0.2) is 90.3 Å². The Bertz CT molecular complexity index is 1140. The first-order valence-electron chi connectivity index (χ1n) is 11.8. The molecule has 2 aromatic heterocycles. The third kappa shape index (κ3) is 5.34. The lowest BCUT2D eigenvalue weighted by atomic mass is 9.96. The van der Waals surface area contributed by atoms with E-state index in [4.69, 9.17) is 0 Å². The van der Waals surface area contributed by atoms with Gasteiger partial charge in [0.1, 0.15) is 5.69 Å². The molecule has 5 nitrogen and oxygen atoms in total. The van der Waals surface area contributed by atoms with E-state index in [1.807, 2.05) is 64.9 Å². The van der Waals surface area contributed by atoms with E-state index in [0.29, 0.717) is 19.6 Å². The van der Waals surface area contributed by atoms with Crippen LogP contribution in [0.2, 0.25) is 0 Å². The third-order valence-electron chi connectivity index (χ3n) is 6.26. The van der Waals surface area contributed by atoms with Gasteiger partial charge in [-0.05, 0) is 47.5 Å². The molecule has 1 aliphatic rings. The van der Waals surface area contributed by atoms with Gasteiger partial charge >= 0.3 is 0 Å². The molecule has 172 valence electrons. The molecule has 1 unspecified atom stereocenters. The van der Waals surface area contributed by atoms with Crippen LogP contribution in [-0.4, -0.2) is 34.1 Å². The van der Waals surface area contributed by atoms with Crippen LogP contribution in [0.1, 0.15) is 24.0 Å². The molecule has 6 heteroatoms. The van der Waals surface area contributed by atoms with E-state index in [9.17, 15) is 4.79 Å². The number of benzene rings is 2. The summed E-state index contributed by atoms with van der Waals surface area (Å²) >= 11 is 1.66. The van der Waals surface area contributed by atoms with Crippen molar-refractivity contribution in [3.05, 3.63) is 101 Å². The van der Waals surface area contributed by atoms with Crippen LogP contribution < -0.4 is 4.90 Å². The van der Waals surface area contributed by atoms with Gasteiger partial charge in [-0.3, -0.25) is 4.79 Å². The number of rotatable bonds is 7. The van der Waals surface area contributed by atoms with Gasteiger partial charge in [-0.25, -0.2) is 0 Å². The number of hydrogen-bond acceptors (Lipinski definition) is 5. The minimum Gasteiger partial charge on any atom is -0.354 e. The van der Waals surface area contributed by atoms with E-state index >= 15 is 0 Å². The molecule has 0 aliphatic carbocycles. The summed E-state index contributed by atoms with van der Waals surface area (Å²) in [4.78, 5) is 19.1. The maximum atomic E-state index is 13.8. The zero-order valence-electron chi connectivity index (χ0n) is 19.1. The summed E-state index contributed by atoms with van der Waals surface area (Å²) in [6.07, 6.45) is 1.87. The van der Waals surface area contributed by atoms with Crippen LogP contribution in [0.25, 0.3) is 10.6 Å². The van der Waals surface area contributed by atoms with Crippen LogP contribution in [0.3, 0.4) is 0 Å². The van der Waals surface area contributed by atoms with Gasteiger partial charge in [-0.15, -0.1) is 21.5 Å². The van der Waals surface area contributed by atoms with E-state index in [1.54, 1.807) is 11.3 Å². The Balaban J connectivity index is 1.31. The fraction of sp³-hybridized carbons (Fsp3) is 0.250. The van der Waals surface area contributed by atoms with Gasteiger partial charge in [-0.2, -0.15) is 0 Å². The summed E-state index contributed by atoms with van der Waals surface area (Å²) < 4.78 is 0. The Hall–Kier alpha value is -3.51. The molecule has 1 atom stereocenters. The number of hydrogen-bond donors (Lipinski definition) is 0. The van der Waals surface area contributed by atoms with Gasteiger partial charge in [-0.1, -0.05) is 66.7 Å². The van der Waals surface area contributed by atoms with Crippen molar-refractivity contribution in [3.8, 4) is 10.6 Å². The number of piperidine rings is 1. The fourth-order valence-electron chi connectivity index (χ4n) is 4.51. The second-order valence-corrected chi connectivity index (χ2v) is 9.65. The van der Waals surface area contributed by atoms with E-state index in [1.165, 1.54) is 0 Å². The second-order valence-electron chi connectivity index (χ2n) is 8.70. The summed E-state index contributed by atoms with van der Waals surface area (Å²) in [5.74, 6) is 0.996. The molecule has 0 saturated carbocycles. The van der Waals surface area contributed by atoms with Crippen LogP contribution >= 0.6 is 11.3 Å². The number of thiophene rings is 1. The number of carbonyl (C=O) groups excluding carboxylic acids is 1. The van der Waals surface area contributed by atoms with Crippen molar-refractivity contribution in [2.24, 2.45) is 5.92 Å². The number of amides is 1. The predicted octanol–water partition coefficient (Wildman–Crippen LogP) is 5.65. The SMILES string of the molecule is O=C(C1CCCN(c2ccc(-c3cccs3)nn2)C1)N(Cc1ccccc1)Cc1ccccc1. The average Bonchev–Trinajstić information content (AvgIpc) is 3.45. The quantitative estimate of drug-likeness (QED) is 0.352. The maximum Gasteiger partial charge on any atom is 0.228 e. The van der Waals surface area contributed by atoms with Crippen molar-refractivity contribution in [2.45, 2.75) is 25.9 Å². The van der Waals surface area contributed by atoms with Crippen LogP contribution in [0.4, 0.5) is 5.82 Å². The normalized spacial score (nSPS) is 15.8. The lowest BCUT2D eigenvalue weighted by Gasteiger charge is -2.35. The van der Waals surface area contributed by atoms with Gasteiger partial charge in [0.15, 0.2) is 5.82 Å². The third-order valence-corrected chi connectivity index (χ3v) is 7.16. The highest BCUT2D eigenvalue weighted by Crippen LogP contribution is 2.27. The van der Waals surface area contributed by atoms with E-state index in [0.717, 1.165) is 46.9 Å². The molecular weight excluding hydrogens is 440 g/mol. The zero-order valence-corrected chi connectivity index (χ0v) is 19.9. The van der Waals surface area contributed by atoms with Gasteiger partial charge in [0, 0.05) is 26.2 Å². The topological polar surface area (TPSA) is 49.3 Å². The van der Waals surface area contributed by atoms with Gasteiger partial charge < -0.3 is 9.80 Å². The largest absolute Gasteiger partial charge is 0.354 e. The van der Waals surface area contributed by atoms with Gasteiger partial charge in [0.2, 0.25) is 5.91 Å². The van der Waals surface area contributed by atoms with Crippen molar-refractivity contribution < 1.29 is 4.79 Å². The van der Waals surface area contributed by atoms with Crippen molar-refractivity contribution in [3.63, 3.8) is 0 Å². The Morgan fingerprint density at radius 2 is 1.59 bits per heavy atom. The Labute approximate surface area is 204 Å². The standard InChI is InChI=1S/C28H28N4OS/c33-28(32(19-22-9-3-1-4-10-22)20-23-11-5-2-6-12-23)24-13-7-17-31(21-24)27-16-15-25(29-30-27)26-14-8-18-34-26/h1-6,8-12,14-16,18,24H,7,13,17,19-21H2. The lowest BCUT2D eigenvalue weighted by molar-refractivity contribution is -0.137. The monoisotopic (exact) mass is 468 g/mol. The number of aromatic nitrogens is 2. The molecule has 0 radical (unpaired) electrons. The first-order chi connectivity index (χ1) is 16.8. The van der Waals surface area contributed by atoms with Crippen LogP contribution in [0, 0.1) is 5.92 Å². The molecule has 34 heavy (non-hydrogen) atoms. The molecule has 1 saturated heterocycles. The summed E-state index contributed by atoms with van der Waals surface area (Å²) in [6.45, 7) is 2.79. The highest BCUT2D eigenvalue weighted by atomic mass is 32.1. The van der Waals surface area contributed by atoms with Gasteiger partial charge in [0.05, 0.1) is 10.8 Å². The Morgan fingerprint density at radius 1 is 0.882 bits per heavy atom. The Kier molecular flexibility index (Phi) is 6.96. The highest BCUT2D eigenvalue weighted by Gasteiger charge is 2.30. The minimum absolute atomic E-state index is 0.0556. The molecule has 2 aromatic carbocycles. The fourth-order valence-corrected chi connectivity index (χ4v) is 5.20. The molecule has 1 aliphatic heterocycles. The van der Waals surface area contributed by atoms with Crippen LogP contribution in [0.5, 0.6) is 0 Å². The molecule has 0 bridgehead atoms. The maximum absolute atomic E-state index is 13.8. The zero-order chi connectivity index (χ0) is 23.2. The summed E-state index contributed by atoms with van der Waals surface area (Å²) in [7, 11) is 0. The molecule has 0 N–H and O–H groups in total. The number of nitrogens with zero attached hydrogens (tertiary/aromatic N) is 4. The molecule has 1 amide bonds. The molecule has 4 aromatic rings. The minimum atomic E-state index is -0.0556. The molecule has 3 heterocycles. The first-order valence-corrected chi connectivity index (χ1v) is 12.6. The molecule has 1 fully saturated rings. The van der Waals surface area contributed by atoms with Gasteiger partial charge in [0.25, 0.3) is 0 Å². The lowest BCUT2D eigenvalue weighted by Crippen LogP contribution is -2.44. The van der Waals surface area contributed by atoms with Crippen molar-refractivity contribution in [1.29, 1.82) is 0 Å². The molecule has 5 rings (SSSR count). The van der Waals surface area contributed by atoms with Crippen LogP contribution in [-0.2, 0) is 17.9 Å². The summed E-state index contributed by atoms with van der Waals surface area (Å²) in [6, 6.07) is 28.6. The summed E-state index contributed by atoms with van der Waals surface area (Å²) in [5, 5.41) is 11.0. The molecular formula is C28H28N4OS. The first kappa shape index (κ1) is 22.3. The van der Waals surface area contributed by atoms with Crippen molar-refractivity contribution in [1.82, 2.24) is 15.1 Å².